The Morgan fingerprint density at radius 3 is 2.55 bits per heavy atom. The summed E-state index contributed by atoms with van der Waals surface area (Å²) < 4.78 is 0. The van der Waals surface area contributed by atoms with Gasteiger partial charge >= 0.3 is 6.03 Å². The number of anilines is 2. The van der Waals surface area contributed by atoms with E-state index < -0.39 is 6.03 Å². The van der Waals surface area contributed by atoms with Crippen LogP contribution in [0, 0.1) is 12.8 Å². The first kappa shape index (κ1) is 23.4. The van der Waals surface area contributed by atoms with Crippen LogP contribution in [-0.4, -0.2) is 65.7 Å². The number of likely N-dealkylation sites (N-methyl/N-ethyl adjacent to an activating group) is 1. The number of urea groups is 1. The second-order valence-corrected chi connectivity index (χ2v) is 9.84. The highest BCUT2D eigenvalue weighted by Gasteiger charge is 2.26. The fourth-order valence-electron chi connectivity index (χ4n) is 4.40. The van der Waals surface area contributed by atoms with Gasteiger partial charge in [0.15, 0.2) is 10.9 Å². The maximum absolute atomic E-state index is 13.0. The molecule has 2 heterocycles. The molecule has 0 radical (unpaired) electrons. The number of benzene rings is 1. The number of piperazine rings is 1. The summed E-state index contributed by atoms with van der Waals surface area (Å²) in [6, 6.07) is 5.05. The van der Waals surface area contributed by atoms with E-state index in [2.05, 4.69) is 27.6 Å². The summed E-state index contributed by atoms with van der Waals surface area (Å²) in [5.74, 6) is 0.194. The van der Waals surface area contributed by atoms with Crippen molar-refractivity contribution in [2.24, 2.45) is 5.92 Å². The van der Waals surface area contributed by atoms with Crippen LogP contribution in [-0.2, 0) is 11.2 Å². The molecule has 8 nitrogen and oxygen atoms in total. The van der Waals surface area contributed by atoms with Crippen LogP contribution < -0.4 is 10.6 Å². The van der Waals surface area contributed by atoms with E-state index in [1.54, 1.807) is 11.4 Å². The quantitative estimate of drug-likeness (QED) is 0.628. The number of carbonyl (C=O) groups excluding carboxylic acids is 3. The van der Waals surface area contributed by atoms with Gasteiger partial charge in [0, 0.05) is 43.0 Å². The van der Waals surface area contributed by atoms with Gasteiger partial charge in [0.25, 0.3) is 0 Å². The average molecular weight is 470 g/mol. The summed E-state index contributed by atoms with van der Waals surface area (Å²) in [6.45, 7) is 5.15. The number of amides is 3. The molecule has 0 bridgehead atoms. The zero-order valence-electron chi connectivity index (χ0n) is 19.2. The van der Waals surface area contributed by atoms with Gasteiger partial charge < -0.3 is 15.1 Å². The minimum absolute atomic E-state index is 0.0368. The number of hydrogen-bond acceptors (Lipinski definition) is 6. The molecule has 9 heteroatoms. The van der Waals surface area contributed by atoms with Crippen molar-refractivity contribution >= 4 is 39.9 Å². The van der Waals surface area contributed by atoms with Gasteiger partial charge in [-0.1, -0.05) is 24.5 Å². The van der Waals surface area contributed by atoms with E-state index in [-0.39, 0.29) is 24.0 Å². The lowest BCUT2D eigenvalue weighted by Gasteiger charge is -2.32. The first-order valence-electron chi connectivity index (χ1n) is 11.5. The van der Waals surface area contributed by atoms with E-state index in [9.17, 15) is 14.4 Å². The maximum Gasteiger partial charge on any atom is 0.325 e. The second-order valence-electron chi connectivity index (χ2n) is 8.98. The van der Waals surface area contributed by atoms with Crippen LogP contribution in [0.15, 0.2) is 23.6 Å². The minimum Gasteiger partial charge on any atom is -0.340 e. The Hall–Kier alpha value is -2.78. The molecular formula is C24H31N5O3S. The lowest BCUT2D eigenvalue weighted by Crippen LogP contribution is -2.47. The minimum atomic E-state index is -0.453. The second kappa shape index (κ2) is 10.4. The summed E-state index contributed by atoms with van der Waals surface area (Å²) in [7, 11) is 2.05. The smallest absolute Gasteiger partial charge is 0.325 e. The van der Waals surface area contributed by atoms with Gasteiger partial charge in [0.2, 0.25) is 5.91 Å². The van der Waals surface area contributed by atoms with E-state index in [1.165, 1.54) is 11.3 Å². The summed E-state index contributed by atoms with van der Waals surface area (Å²) >= 11 is 1.28. The number of carbonyl (C=O) groups is 3. The van der Waals surface area contributed by atoms with E-state index in [1.807, 2.05) is 24.0 Å². The highest BCUT2D eigenvalue weighted by atomic mass is 32.1. The van der Waals surface area contributed by atoms with Crippen molar-refractivity contribution in [2.75, 3.05) is 43.9 Å². The van der Waals surface area contributed by atoms with Crippen molar-refractivity contribution in [1.29, 1.82) is 0 Å². The van der Waals surface area contributed by atoms with Crippen molar-refractivity contribution in [1.82, 2.24) is 14.8 Å². The summed E-state index contributed by atoms with van der Waals surface area (Å²) in [6.07, 6.45) is 4.20. The van der Waals surface area contributed by atoms with Gasteiger partial charge in [-0.05, 0) is 38.9 Å². The molecule has 4 rings (SSSR count). The number of nitrogens with one attached hydrogen (secondary N) is 2. The maximum atomic E-state index is 13.0. The van der Waals surface area contributed by atoms with Gasteiger partial charge in [-0.15, -0.1) is 11.3 Å². The van der Waals surface area contributed by atoms with Crippen molar-refractivity contribution in [3.63, 3.8) is 0 Å². The molecule has 1 aliphatic heterocycles. The van der Waals surface area contributed by atoms with Crippen LogP contribution in [0.4, 0.5) is 15.6 Å². The monoisotopic (exact) mass is 469 g/mol. The molecule has 2 aliphatic rings. The van der Waals surface area contributed by atoms with E-state index in [0.29, 0.717) is 22.1 Å². The third kappa shape index (κ3) is 5.97. The van der Waals surface area contributed by atoms with E-state index in [0.717, 1.165) is 57.4 Å². The molecule has 33 heavy (non-hydrogen) atoms. The summed E-state index contributed by atoms with van der Waals surface area (Å²) in [5.41, 5.74) is 2.70. The van der Waals surface area contributed by atoms with Crippen molar-refractivity contribution in [3.05, 3.63) is 40.4 Å². The summed E-state index contributed by atoms with van der Waals surface area (Å²) in [5, 5.41) is 7.76. The Kier molecular flexibility index (Phi) is 7.39. The molecule has 176 valence electrons. The van der Waals surface area contributed by atoms with Crippen LogP contribution in [0.3, 0.4) is 0 Å². The standard InChI is InChI=1S/C24H31N5O3S/c1-16-7-8-20(19(13-16)22(31)17-5-3-4-6-17)26-23(32)27-24-25-18(15-33-24)14-21(30)29-11-9-28(2)10-12-29/h7-8,13,15,17H,3-6,9-12,14H2,1-2H3,(H2,25,26,27,32). The first-order chi connectivity index (χ1) is 15.9. The average Bonchev–Trinajstić information content (AvgIpc) is 3.47. The Balaban J connectivity index is 1.35. The molecule has 0 spiro atoms. The molecule has 1 aliphatic carbocycles. The molecule has 3 amide bonds. The third-order valence-corrected chi connectivity index (χ3v) is 7.18. The molecule has 1 saturated carbocycles. The molecule has 1 aromatic heterocycles. The molecule has 1 aromatic carbocycles. The lowest BCUT2D eigenvalue weighted by atomic mass is 9.94. The molecule has 2 fully saturated rings. The van der Waals surface area contributed by atoms with Gasteiger partial charge in [0.05, 0.1) is 17.8 Å². The number of nitrogens with zero attached hydrogens (tertiary/aromatic N) is 3. The number of hydrogen-bond donors (Lipinski definition) is 2. The van der Waals surface area contributed by atoms with Crippen LogP contribution in [0.2, 0.25) is 0 Å². The molecule has 0 unspecified atom stereocenters. The zero-order valence-corrected chi connectivity index (χ0v) is 20.0. The first-order valence-corrected chi connectivity index (χ1v) is 12.4. The van der Waals surface area contributed by atoms with Crippen LogP contribution in [0.1, 0.15) is 47.3 Å². The zero-order chi connectivity index (χ0) is 23.4. The van der Waals surface area contributed by atoms with Gasteiger partial charge in [-0.2, -0.15) is 0 Å². The fourth-order valence-corrected chi connectivity index (χ4v) is 5.10. The van der Waals surface area contributed by atoms with Crippen LogP contribution >= 0.6 is 11.3 Å². The molecule has 2 aromatic rings. The molecule has 0 atom stereocenters. The largest absolute Gasteiger partial charge is 0.340 e. The normalized spacial score (nSPS) is 17.2. The molecular weight excluding hydrogens is 438 g/mol. The fraction of sp³-hybridized carbons (Fsp3) is 0.500. The lowest BCUT2D eigenvalue weighted by molar-refractivity contribution is -0.132. The topological polar surface area (TPSA) is 94.6 Å². The van der Waals surface area contributed by atoms with E-state index >= 15 is 0 Å². The number of ketones is 1. The highest BCUT2D eigenvalue weighted by molar-refractivity contribution is 7.14. The predicted octanol–water partition coefficient (Wildman–Crippen LogP) is 3.78. The number of aryl methyl sites for hydroxylation is 1. The Labute approximate surface area is 198 Å². The van der Waals surface area contributed by atoms with Gasteiger partial charge in [-0.3, -0.25) is 14.9 Å². The predicted molar refractivity (Wildman–Crippen MR) is 130 cm³/mol. The SMILES string of the molecule is Cc1ccc(NC(=O)Nc2nc(CC(=O)N3CCN(C)CC3)cs2)c(C(=O)C2CCCC2)c1. The molecule has 2 N–H and O–H groups in total. The molecule has 1 saturated heterocycles. The number of rotatable bonds is 6. The van der Waals surface area contributed by atoms with Crippen molar-refractivity contribution in [2.45, 2.75) is 39.0 Å². The van der Waals surface area contributed by atoms with E-state index in [4.69, 9.17) is 0 Å². The Morgan fingerprint density at radius 2 is 1.82 bits per heavy atom. The van der Waals surface area contributed by atoms with Gasteiger partial charge in [-0.25, -0.2) is 9.78 Å². The summed E-state index contributed by atoms with van der Waals surface area (Å²) in [4.78, 5) is 46.6. The third-order valence-electron chi connectivity index (χ3n) is 6.38. The number of aromatic nitrogens is 1. The Morgan fingerprint density at radius 1 is 1.09 bits per heavy atom. The highest BCUT2D eigenvalue weighted by Crippen LogP contribution is 2.31. The van der Waals surface area contributed by atoms with Crippen LogP contribution in [0.5, 0.6) is 0 Å². The van der Waals surface area contributed by atoms with Crippen LogP contribution in [0.25, 0.3) is 0 Å². The van der Waals surface area contributed by atoms with Gasteiger partial charge in [0.1, 0.15) is 0 Å². The Bertz CT molecular complexity index is 1020. The van der Waals surface area contributed by atoms with Crippen molar-refractivity contribution in [3.8, 4) is 0 Å². The number of thiazole rings is 1. The van der Waals surface area contributed by atoms with Crippen molar-refractivity contribution < 1.29 is 14.4 Å². The number of Topliss-reactive ketones (excluding diaryl/α,β-unsaturated/α-hetero) is 1.